The molecule has 0 saturated heterocycles. The van der Waals surface area contributed by atoms with E-state index in [9.17, 15) is 4.79 Å². The van der Waals surface area contributed by atoms with Crippen LogP contribution in [0.25, 0.3) is 0 Å². The van der Waals surface area contributed by atoms with Crippen molar-refractivity contribution in [2.75, 3.05) is 7.11 Å². The van der Waals surface area contributed by atoms with Crippen LogP contribution in [0.3, 0.4) is 0 Å². The van der Waals surface area contributed by atoms with Crippen molar-refractivity contribution in [3.8, 4) is 5.75 Å². The van der Waals surface area contributed by atoms with Gasteiger partial charge >= 0.3 is 5.97 Å². The molecule has 0 unspecified atom stereocenters. The Morgan fingerprint density at radius 3 is 2.42 bits per heavy atom. The minimum Gasteiger partial charge on any atom is -0.497 e. The first kappa shape index (κ1) is 15.5. The number of methoxy groups -OCH3 is 1. The Bertz CT molecular complexity index is 370. The highest BCUT2D eigenvalue weighted by Crippen LogP contribution is 2.14. The largest absolute Gasteiger partial charge is 0.497 e. The Labute approximate surface area is 115 Å². The van der Waals surface area contributed by atoms with Gasteiger partial charge < -0.3 is 9.47 Å². The maximum atomic E-state index is 11.9. The van der Waals surface area contributed by atoms with Gasteiger partial charge in [-0.3, -0.25) is 0 Å². The van der Waals surface area contributed by atoms with Crippen molar-refractivity contribution in [2.24, 2.45) is 0 Å². The molecule has 0 bridgehead atoms. The third-order valence-corrected chi connectivity index (χ3v) is 3.10. The van der Waals surface area contributed by atoms with E-state index >= 15 is 0 Å². The number of unbranched alkanes of at least 4 members (excludes halogenated alkanes) is 3. The Kier molecular flexibility index (Phi) is 7.01. The maximum Gasteiger partial charge on any atom is 0.338 e. The van der Waals surface area contributed by atoms with Crippen molar-refractivity contribution in [2.45, 2.75) is 52.1 Å². The van der Waals surface area contributed by atoms with E-state index in [2.05, 4.69) is 6.92 Å². The Hall–Kier alpha value is -1.51. The maximum absolute atomic E-state index is 11.9. The highest BCUT2D eigenvalue weighted by atomic mass is 16.5. The number of carbonyl (C=O) groups excluding carboxylic acids is 1. The van der Waals surface area contributed by atoms with Crippen molar-refractivity contribution in [1.29, 1.82) is 0 Å². The van der Waals surface area contributed by atoms with E-state index in [0.29, 0.717) is 5.56 Å². The summed E-state index contributed by atoms with van der Waals surface area (Å²) in [5.74, 6) is 0.481. The third-order valence-electron chi connectivity index (χ3n) is 3.10. The zero-order valence-electron chi connectivity index (χ0n) is 12.1. The molecule has 1 aromatic carbocycles. The van der Waals surface area contributed by atoms with E-state index in [4.69, 9.17) is 9.47 Å². The molecular weight excluding hydrogens is 240 g/mol. The molecule has 0 aliphatic carbocycles. The number of esters is 1. The number of hydrogen-bond acceptors (Lipinski definition) is 3. The highest BCUT2D eigenvalue weighted by Gasteiger charge is 2.11. The van der Waals surface area contributed by atoms with Gasteiger partial charge in [-0.15, -0.1) is 0 Å². The highest BCUT2D eigenvalue weighted by molar-refractivity contribution is 5.89. The Morgan fingerprint density at radius 2 is 1.84 bits per heavy atom. The van der Waals surface area contributed by atoms with Crippen molar-refractivity contribution >= 4 is 5.97 Å². The number of ether oxygens (including phenoxy) is 2. The molecule has 19 heavy (non-hydrogen) atoms. The molecule has 0 amide bonds. The van der Waals surface area contributed by atoms with Crippen molar-refractivity contribution in [1.82, 2.24) is 0 Å². The van der Waals surface area contributed by atoms with Gasteiger partial charge in [-0.2, -0.15) is 0 Å². The summed E-state index contributed by atoms with van der Waals surface area (Å²) in [4.78, 5) is 11.9. The molecule has 1 rings (SSSR count). The summed E-state index contributed by atoms with van der Waals surface area (Å²) < 4.78 is 10.5. The lowest BCUT2D eigenvalue weighted by Crippen LogP contribution is -2.15. The molecule has 106 valence electrons. The smallest absolute Gasteiger partial charge is 0.338 e. The first-order valence-electron chi connectivity index (χ1n) is 7.02. The predicted octanol–water partition coefficient (Wildman–Crippen LogP) is 4.21. The fourth-order valence-electron chi connectivity index (χ4n) is 1.90. The minimum atomic E-state index is -0.259. The second-order valence-corrected chi connectivity index (χ2v) is 4.79. The van der Waals surface area contributed by atoms with Crippen molar-refractivity contribution in [3.63, 3.8) is 0 Å². The van der Waals surface area contributed by atoms with Crippen LogP contribution < -0.4 is 4.74 Å². The van der Waals surface area contributed by atoms with Crippen LogP contribution in [0.15, 0.2) is 24.3 Å². The molecule has 0 aromatic heterocycles. The van der Waals surface area contributed by atoms with Crippen LogP contribution in [0.2, 0.25) is 0 Å². The molecule has 0 heterocycles. The van der Waals surface area contributed by atoms with Crippen LogP contribution >= 0.6 is 0 Å². The summed E-state index contributed by atoms with van der Waals surface area (Å²) in [6, 6.07) is 6.99. The van der Waals surface area contributed by atoms with Crippen molar-refractivity contribution in [3.05, 3.63) is 29.8 Å². The second-order valence-electron chi connectivity index (χ2n) is 4.79. The fraction of sp³-hybridized carbons (Fsp3) is 0.562. The Morgan fingerprint density at radius 1 is 1.16 bits per heavy atom. The lowest BCUT2D eigenvalue weighted by Gasteiger charge is -2.13. The van der Waals surface area contributed by atoms with Crippen LogP contribution in [0, 0.1) is 0 Å². The van der Waals surface area contributed by atoms with Crippen LogP contribution in [0.4, 0.5) is 0 Å². The van der Waals surface area contributed by atoms with Crippen LogP contribution in [0.1, 0.15) is 56.3 Å². The molecule has 1 atom stereocenters. The number of hydrogen-bond donors (Lipinski definition) is 0. The van der Waals surface area contributed by atoms with Gasteiger partial charge in [0.1, 0.15) is 5.75 Å². The van der Waals surface area contributed by atoms with Gasteiger partial charge in [0.2, 0.25) is 0 Å². The first-order chi connectivity index (χ1) is 9.17. The van der Waals surface area contributed by atoms with E-state index < -0.39 is 0 Å². The quantitative estimate of drug-likeness (QED) is 0.521. The molecular formula is C16H24O3. The molecule has 0 aliphatic heterocycles. The molecule has 0 radical (unpaired) electrons. The third kappa shape index (κ3) is 5.77. The fourth-order valence-corrected chi connectivity index (χ4v) is 1.90. The van der Waals surface area contributed by atoms with Crippen LogP contribution in [-0.4, -0.2) is 19.2 Å². The summed E-state index contributed by atoms with van der Waals surface area (Å²) in [5, 5.41) is 0. The molecule has 3 nitrogen and oxygen atoms in total. The van der Waals surface area contributed by atoms with E-state index in [-0.39, 0.29) is 12.1 Å². The average molecular weight is 264 g/mol. The van der Waals surface area contributed by atoms with Crippen molar-refractivity contribution < 1.29 is 14.3 Å². The standard InChI is InChI=1S/C16H24O3/c1-4-5-6-7-8-13(2)19-16(17)14-9-11-15(18-3)12-10-14/h9-13H,4-8H2,1-3H3/t13-/m1/s1. The summed E-state index contributed by atoms with van der Waals surface area (Å²) in [7, 11) is 1.60. The van der Waals surface area contributed by atoms with Crippen LogP contribution in [-0.2, 0) is 4.74 Å². The first-order valence-corrected chi connectivity index (χ1v) is 7.02. The second kappa shape index (κ2) is 8.57. The SMILES string of the molecule is CCCCCC[C@@H](C)OC(=O)c1ccc(OC)cc1. The van der Waals surface area contributed by atoms with Crippen LogP contribution in [0.5, 0.6) is 5.75 Å². The molecule has 0 spiro atoms. The predicted molar refractivity (Wildman–Crippen MR) is 76.6 cm³/mol. The van der Waals surface area contributed by atoms with Gasteiger partial charge in [-0.25, -0.2) is 4.79 Å². The van der Waals surface area contributed by atoms with Gasteiger partial charge in [0.05, 0.1) is 18.8 Å². The van der Waals surface area contributed by atoms with Gasteiger partial charge in [0.15, 0.2) is 0 Å². The number of rotatable bonds is 8. The molecule has 0 fully saturated rings. The summed E-state index contributed by atoms with van der Waals surface area (Å²) in [6.45, 7) is 4.14. The summed E-state index contributed by atoms with van der Waals surface area (Å²) in [6.07, 6.45) is 5.71. The van der Waals surface area contributed by atoms with Gasteiger partial charge in [0.25, 0.3) is 0 Å². The molecule has 0 N–H and O–H groups in total. The topological polar surface area (TPSA) is 35.5 Å². The summed E-state index contributed by atoms with van der Waals surface area (Å²) in [5.41, 5.74) is 0.571. The molecule has 0 aliphatic rings. The van der Waals surface area contributed by atoms with E-state index in [0.717, 1.165) is 18.6 Å². The zero-order valence-corrected chi connectivity index (χ0v) is 12.1. The monoisotopic (exact) mass is 264 g/mol. The minimum absolute atomic E-state index is 0.0218. The lowest BCUT2D eigenvalue weighted by molar-refractivity contribution is 0.0319. The molecule has 1 aromatic rings. The number of benzene rings is 1. The lowest BCUT2D eigenvalue weighted by atomic mass is 10.1. The Balaban J connectivity index is 2.36. The van der Waals surface area contributed by atoms with Gasteiger partial charge in [-0.1, -0.05) is 26.2 Å². The summed E-state index contributed by atoms with van der Waals surface area (Å²) >= 11 is 0. The van der Waals surface area contributed by atoms with E-state index in [1.54, 1.807) is 31.4 Å². The van der Waals surface area contributed by atoms with Gasteiger partial charge in [-0.05, 0) is 44.0 Å². The number of carbonyl (C=O) groups is 1. The van der Waals surface area contributed by atoms with Gasteiger partial charge in [0, 0.05) is 0 Å². The normalized spacial score (nSPS) is 11.9. The zero-order chi connectivity index (χ0) is 14.1. The molecule has 0 saturated carbocycles. The van der Waals surface area contributed by atoms with E-state index in [1.165, 1.54) is 19.3 Å². The molecule has 3 heteroatoms. The van der Waals surface area contributed by atoms with E-state index in [1.807, 2.05) is 6.92 Å². The average Bonchev–Trinajstić information content (AvgIpc) is 2.43.